The van der Waals surface area contributed by atoms with Crippen LogP contribution in [0.25, 0.3) is 0 Å². The lowest BCUT2D eigenvalue weighted by molar-refractivity contribution is 0.145. The molecule has 0 amide bonds. The van der Waals surface area contributed by atoms with Crippen LogP contribution in [0.1, 0.15) is 12.0 Å². The molecule has 1 rings (SSSR count). The van der Waals surface area contributed by atoms with Crippen molar-refractivity contribution in [1.29, 1.82) is 0 Å². The SMILES string of the molecule is COCCN(CCC(N)=NO)Cc1cccc(Cl)c1. The molecule has 0 spiro atoms. The average molecular weight is 286 g/mol. The maximum atomic E-state index is 8.55. The van der Waals surface area contributed by atoms with Crippen LogP contribution < -0.4 is 5.73 Å². The van der Waals surface area contributed by atoms with E-state index in [1.54, 1.807) is 7.11 Å². The molecule has 0 radical (unpaired) electrons. The van der Waals surface area contributed by atoms with Gasteiger partial charge in [-0.1, -0.05) is 28.9 Å². The zero-order chi connectivity index (χ0) is 14.1. The van der Waals surface area contributed by atoms with Gasteiger partial charge in [0.2, 0.25) is 0 Å². The van der Waals surface area contributed by atoms with Crippen molar-refractivity contribution in [3.63, 3.8) is 0 Å². The van der Waals surface area contributed by atoms with Crippen LogP contribution in [0.4, 0.5) is 0 Å². The first-order valence-corrected chi connectivity index (χ1v) is 6.45. The van der Waals surface area contributed by atoms with Crippen molar-refractivity contribution in [2.45, 2.75) is 13.0 Å². The van der Waals surface area contributed by atoms with E-state index in [1.807, 2.05) is 24.3 Å². The number of benzene rings is 1. The number of nitrogens with two attached hydrogens (primary N) is 1. The molecule has 3 N–H and O–H groups in total. The van der Waals surface area contributed by atoms with Gasteiger partial charge >= 0.3 is 0 Å². The summed E-state index contributed by atoms with van der Waals surface area (Å²) in [7, 11) is 1.67. The summed E-state index contributed by atoms with van der Waals surface area (Å²) in [5.41, 5.74) is 6.62. The average Bonchev–Trinajstić information content (AvgIpc) is 2.41. The number of amidine groups is 1. The highest BCUT2D eigenvalue weighted by atomic mass is 35.5. The quantitative estimate of drug-likeness (QED) is 0.331. The Morgan fingerprint density at radius 3 is 2.89 bits per heavy atom. The van der Waals surface area contributed by atoms with Gasteiger partial charge < -0.3 is 15.7 Å². The Bertz CT molecular complexity index is 413. The monoisotopic (exact) mass is 285 g/mol. The lowest BCUT2D eigenvalue weighted by Crippen LogP contribution is -2.30. The third kappa shape index (κ3) is 6.42. The zero-order valence-corrected chi connectivity index (χ0v) is 11.8. The van der Waals surface area contributed by atoms with E-state index >= 15 is 0 Å². The molecule has 0 saturated carbocycles. The summed E-state index contributed by atoms with van der Waals surface area (Å²) < 4.78 is 5.09. The van der Waals surface area contributed by atoms with Gasteiger partial charge in [0, 0.05) is 38.2 Å². The summed E-state index contributed by atoms with van der Waals surface area (Å²) in [5.74, 6) is 0.230. The van der Waals surface area contributed by atoms with E-state index in [0.29, 0.717) is 19.6 Å². The lowest BCUT2D eigenvalue weighted by atomic mass is 10.2. The Labute approximate surface area is 118 Å². The van der Waals surface area contributed by atoms with E-state index in [9.17, 15) is 0 Å². The molecule has 0 aliphatic rings. The molecule has 0 aromatic heterocycles. The molecule has 0 heterocycles. The Kier molecular flexibility index (Phi) is 7.25. The fraction of sp³-hybridized carbons (Fsp3) is 0.462. The number of oxime groups is 1. The number of methoxy groups -OCH3 is 1. The standard InChI is InChI=1S/C13H20ClN3O2/c1-19-8-7-17(6-5-13(15)16-18)10-11-3-2-4-12(14)9-11/h2-4,9,18H,5-8,10H2,1H3,(H2,15,16). The van der Waals surface area contributed by atoms with Crippen LogP contribution in [-0.2, 0) is 11.3 Å². The minimum Gasteiger partial charge on any atom is -0.409 e. The zero-order valence-electron chi connectivity index (χ0n) is 11.1. The maximum absolute atomic E-state index is 8.55. The molecule has 19 heavy (non-hydrogen) atoms. The van der Waals surface area contributed by atoms with Gasteiger partial charge in [0.15, 0.2) is 0 Å². The third-order valence-electron chi connectivity index (χ3n) is 2.72. The Hall–Kier alpha value is -1.30. The van der Waals surface area contributed by atoms with Gasteiger partial charge in [-0.2, -0.15) is 0 Å². The van der Waals surface area contributed by atoms with Crippen molar-refractivity contribution in [1.82, 2.24) is 4.90 Å². The number of halogens is 1. The molecule has 0 unspecified atom stereocenters. The highest BCUT2D eigenvalue weighted by molar-refractivity contribution is 6.30. The van der Waals surface area contributed by atoms with Crippen LogP contribution in [0.3, 0.4) is 0 Å². The second-order valence-corrected chi connectivity index (χ2v) is 4.68. The summed E-state index contributed by atoms with van der Waals surface area (Å²) in [5, 5.41) is 12.3. The second kappa shape index (κ2) is 8.74. The predicted molar refractivity (Wildman–Crippen MR) is 76.6 cm³/mol. The summed E-state index contributed by atoms with van der Waals surface area (Å²) >= 11 is 5.97. The minimum atomic E-state index is 0.230. The fourth-order valence-electron chi connectivity index (χ4n) is 1.71. The van der Waals surface area contributed by atoms with E-state index in [0.717, 1.165) is 23.7 Å². The molecule has 0 atom stereocenters. The third-order valence-corrected chi connectivity index (χ3v) is 2.95. The summed E-state index contributed by atoms with van der Waals surface area (Å²) in [6.45, 7) is 2.87. The van der Waals surface area contributed by atoms with Crippen LogP contribution >= 0.6 is 11.6 Å². The summed E-state index contributed by atoms with van der Waals surface area (Å²) in [6, 6.07) is 7.73. The van der Waals surface area contributed by atoms with Gasteiger partial charge in [0.05, 0.1) is 6.61 Å². The molecule has 0 saturated heterocycles. The molecule has 1 aromatic carbocycles. The molecular formula is C13H20ClN3O2. The number of rotatable bonds is 8. The highest BCUT2D eigenvalue weighted by Gasteiger charge is 2.07. The van der Waals surface area contributed by atoms with Crippen molar-refractivity contribution in [3.8, 4) is 0 Å². The lowest BCUT2D eigenvalue weighted by Gasteiger charge is -2.21. The van der Waals surface area contributed by atoms with E-state index in [-0.39, 0.29) is 5.84 Å². The van der Waals surface area contributed by atoms with Crippen molar-refractivity contribution in [2.75, 3.05) is 26.8 Å². The van der Waals surface area contributed by atoms with Gasteiger partial charge in [0.1, 0.15) is 5.84 Å². The molecule has 0 aliphatic carbocycles. The van der Waals surface area contributed by atoms with Crippen LogP contribution in [0.15, 0.2) is 29.4 Å². The van der Waals surface area contributed by atoms with Gasteiger partial charge in [-0.05, 0) is 17.7 Å². The maximum Gasteiger partial charge on any atom is 0.140 e. The molecule has 106 valence electrons. The first-order chi connectivity index (χ1) is 9.15. The minimum absolute atomic E-state index is 0.230. The molecule has 0 fully saturated rings. The van der Waals surface area contributed by atoms with E-state index in [1.165, 1.54) is 0 Å². The highest BCUT2D eigenvalue weighted by Crippen LogP contribution is 2.12. The Balaban J connectivity index is 2.57. The van der Waals surface area contributed by atoms with Crippen LogP contribution in [0.5, 0.6) is 0 Å². The van der Waals surface area contributed by atoms with Crippen molar-refractivity contribution in [3.05, 3.63) is 34.9 Å². The molecule has 0 aliphatic heterocycles. The topological polar surface area (TPSA) is 71.1 Å². The second-order valence-electron chi connectivity index (χ2n) is 4.24. The molecular weight excluding hydrogens is 266 g/mol. The first kappa shape index (κ1) is 15.8. The fourth-order valence-corrected chi connectivity index (χ4v) is 1.92. The molecule has 0 bridgehead atoms. The molecule has 1 aromatic rings. The van der Waals surface area contributed by atoms with Crippen molar-refractivity contribution >= 4 is 17.4 Å². The predicted octanol–water partition coefficient (Wildman–Crippen LogP) is 1.92. The van der Waals surface area contributed by atoms with Crippen molar-refractivity contribution in [2.24, 2.45) is 10.9 Å². The van der Waals surface area contributed by atoms with Gasteiger partial charge in [-0.3, -0.25) is 4.90 Å². The molecule has 6 heteroatoms. The number of nitrogens with zero attached hydrogens (tertiary/aromatic N) is 2. The number of hydrogen-bond acceptors (Lipinski definition) is 4. The van der Waals surface area contributed by atoms with Crippen LogP contribution in [-0.4, -0.2) is 42.7 Å². The molecule has 5 nitrogen and oxygen atoms in total. The smallest absolute Gasteiger partial charge is 0.140 e. The van der Waals surface area contributed by atoms with E-state index < -0.39 is 0 Å². The first-order valence-electron chi connectivity index (χ1n) is 6.08. The Morgan fingerprint density at radius 2 is 2.26 bits per heavy atom. The van der Waals surface area contributed by atoms with E-state index in [2.05, 4.69) is 10.1 Å². The number of hydrogen-bond donors (Lipinski definition) is 2. The van der Waals surface area contributed by atoms with Crippen LogP contribution in [0.2, 0.25) is 5.02 Å². The van der Waals surface area contributed by atoms with E-state index in [4.69, 9.17) is 27.3 Å². The van der Waals surface area contributed by atoms with Gasteiger partial charge in [-0.15, -0.1) is 0 Å². The summed E-state index contributed by atoms with van der Waals surface area (Å²) in [4.78, 5) is 2.17. The summed E-state index contributed by atoms with van der Waals surface area (Å²) in [6.07, 6.45) is 0.515. The van der Waals surface area contributed by atoms with Gasteiger partial charge in [-0.25, -0.2) is 0 Å². The Morgan fingerprint density at radius 1 is 1.47 bits per heavy atom. The number of ether oxygens (including phenoxy) is 1. The normalized spacial score (nSPS) is 12.1. The van der Waals surface area contributed by atoms with Gasteiger partial charge in [0.25, 0.3) is 0 Å². The largest absolute Gasteiger partial charge is 0.409 e. The van der Waals surface area contributed by atoms with Crippen LogP contribution in [0, 0.1) is 0 Å². The van der Waals surface area contributed by atoms with Crippen molar-refractivity contribution < 1.29 is 9.94 Å².